The van der Waals surface area contributed by atoms with Crippen molar-refractivity contribution < 1.29 is 4.79 Å². The van der Waals surface area contributed by atoms with E-state index >= 15 is 0 Å². The normalized spacial score (nSPS) is 14.9. The van der Waals surface area contributed by atoms with Gasteiger partial charge in [0.15, 0.2) is 0 Å². The molecule has 0 saturated carbocycles. The minimum absolute atomic E-state index is 0.0420. The molecular formula is C18H21BrN2O. The first-order valence-corrected chi connectivity index (χ1v) is 8.15. The summed E-state index contributed by atoms with van der Waals surface area (Å²) >= 11 is 3.51. The molecule has 2 rings (SSSR count). The molecule has 116 valence electrons. The Morgan fingerprint density at radius 3 is 2.27 bits per heavy atom. The average Bonchev–Trinajstić information content (AvgIpc) is 2.54. The lowest BCUT2D eigenvalue weighted by Gasteiger charge is -2.23. The largest absolute Gasteiger partial charge is 0.349 e. The predicted molar refractivity (Wildman–Crippen MR) is 93.2 cm³/mol. The topological polar surface area (TPSA) is 55.1 Å². The van der Waals surface area contributed by atoms with Crippen LogP contribution in [0.25, 0.3) is 0 Å². The molecule has 2 aromatic carbocycles. The van der Waals surface area contributed by atoms with Crippen molar-refractivity contribution in [1.29, 1.82) is 0 Å². The number of carbonyl (C=O) groups is 1. The van der Waals surface area contributed by atoms with Gasteiger partial charge in [-0.15, -0.1) is 0 Å². The number of rotatable bonds is 5. The van der Waals surface area contributed by atoms with Gasteiger partial charge in [0.05, 0.1) is 12.0 Å². The first-order valence-electron chi connectivity index (χ1n) is 7.36. The van der Waals surface area contributed by atoms with Gasteiger partial charge in [0, 0.05) is 10.5 Å². The van der Waals surface area contributed by atoms with Gasteiger partial charge in [-0.2, -0.15) is 0 Å². The molecule has 0 fully saturated rings. The molecule has 0 heterocycles. The third-order valence-corrected chi connectivity index (χ3v) is 4.59. The van der Waals surface area contributed by atoms with Crippen LogP contribution in [-0.4, -0.2) is 5.91 Å². The SMILES string of the molecule is CC(NC(=O)C(C)C(N)c1ccccc1)c1ccccc1Br. The summed E-state index contributed by atoms with van der Waals surface area (Å²) < 4.78 is 0.989. The van der Waals surface area contributed by atoms with Crippen LogP contribution < -0.4 is 11.1 Å². The molecule has 0 spiro atoms. The highest BCUT2D eigenvalue weighted by Crippen LogP contribution is 2.24. The lowest BCUT2D eigenvalue weighted by atomic mass is 9.94. The third-order valence-electron chi connectivity index (χ3n) is 3.87. The second-order valence-electron chi connectivity index (χ2n) is 5.48. The van der Waals surface area contributed by atoms with E-state index in [4.69, 9.17) is 5.73 Å². The standard InChI is InChI=1S/C18H21BrN2O/c1-12(17(20)14-8-4-3-5-9-14)18(22)21-13(2)15-10-6-7-11-16(15)19/h3-13,17H,20H2,1-2H3,(H,21,22). The molecule has 0 aliphatic heterocycles. The molecule has 0 aliphatic rings. The van der Waals surface area contributed by atoms with Crippen LogP contribution in [0.3, 0.4) is 0 Å². The van der Waals surface area contributed by atoms with Crippen LogP contribution in [0, 0.1) is 5.92 Å². The predicted octanol–water partition coefficient (Wildman–Crippen LogP) is 3.96. The van der Waals surface area contributed by atoms with E-state index in [1.807, 2.05) is 68.4 Å². The van der Waals surface area contributed by atoms with E-state index in [0.29, 0.717) is 0 Å². The molecule has 3 N–H and O–H groups in total. The summed E-state index contributed by atoms with van der Waals surface area (Å²) in [5.74, 6) is -0.341. The smallest absolute Gasteiger partial charge is 0.225 e. The second-order valence-corrected chi connectivity index (χ2v) is 6.33. The zero-order valence-electron chi connectivity index (χ0n) is 12.8. The van der Waals surface area contributed by atoms with E-state index in [1.54, 1.807) is 0 Å². The Balaban J connectivity index is 2.04. The van der Waals surface area contributed by atoms with Gasteiger partial charge in [-0.3, -0.25) is 4.79 Å². The van der Waals surface area contributed by atoms with Gasteiger partial charge in [0.25, 0.3) is 0 Å². The summed E-state index contributed by atoms with van der Waals surface area (Å²) in [5.41, 5.74) is 8.24. The molecule has 1 amide bonds. The molecule has 3 nitrogen and oxygen atoms in total. The van der Waals surface area contributed by atoms with Crippen molar-refractivity contribution in [3.05, 3.63) is 70.2 Å². The Morgan fingerprint density at radius 2 is 1.64 bits per heavy atom. The Bertz CT molecular complexity index is 630. The van der Waals surface area contributed by atoms with E-state index in [2.05, 4.69) is 21.2 Å². The van der Waals surface area contributed by atoms with Crippen LogP contribution in [-0.2, 0) is 4.79 Å². The molecule has 22 heavy (non-hydrogen) atoms. The van der Waals surface area contributed by atoms with Crippen molar-refractivity contribution in [3.8, 4) is 0 Å². The fourth-order valence-electron chi connectivity index (χ4n) is 2.38. The van der Waals surface area contributed by atoms with Crippen molar-refractivity contribution in [2.75, 3.05) is 0 Å². The Labute approximate surface area is 140 Å². The van der Waals surface area contributed by atoms with Gasteiger partial charge in [-0.25, -0.2) is 0 Å². The maximum Gasteiger partial charge on any atom is 0.225 e. The lowest BCUT2D eigenvalue weighted by molar-refractivity contribution is -0.125. The van der Waals surface area contributed by atoms with Gasteiger partial charge in [-0.1, -0.05) is 71.4 Å². The van der Waals surface area contributed by atoms with Crippen LogP contribution in [0.5, 0.6) is 0 Å². The first kappa shape index (κ1) is 16.7. The Morgan fingerprint density at radius 1 is 1.05 bits per heavy atom. The molecule has 0 aromatic heterocycles. The number of hydrogen-bond donors (Lipinski definition) is 2. The molecule has 3 atom stereocenters. The van der Waals surface area contributed by atoms with Crippen LogP contribution in [0.2, 0.25) is 0 Å². The number of nitrogens with one attached hydrogen (secondary N) is 1. The van der Waals surface area contributed by atoms with Gasteiger partial charge in [0.1, 0.15) is 0 Å². The van der Waals surface area contributed by atoms with E-state index in [-0.39, 0.29) is 23.9 Å². The quantitative estimate of drug-likeness (QED) is 0.847. The maximum atomic E-state index is 12.4. The summed E-state index contributed by atoms with van der Waals surface area (Å²) in [4.78, 5) is 12.4. The highest BCUT2D eigenvalue weighted by Gasteiger charge is 2.23. The van der Waals surface area contributed by atoms with E-state index < -0.39 is 0 Å². The van der Waals surface area contributed by atoms with Crippen LogP contribution >= 0.6 is 15.9 Å². The fraction of sp³-hybridized carbons (Fsp3) is 0.278. The molecule has 0 aliphatic carbocycles. The molecule has 0 saturated heterocycles. The van der Waals surface area contributed by atoms with E-state index in [1.165, 1.54) is 0 Å². The molecular weight excluding hydrogens is 340 g/mol. The summed E-state index contributed by atoms with van der Waals surface area (Å²) in [6.07, 6.45) is 0. The number of benzene rings is 2. The van der Waals surface area contributed by atoms with Gasteiger partial charge in [0.2, 0.25) is 5.91 Å². The highest BCUT2D eigenvalue weighted by molar-refractivity contribution is 9.10. The summed E-state index contributed by atoms with van der Waals surface area (Å²) in [7, 11) is 0. The zero-order chi connectivity index (χ0) is 16.1. The zero-order valence-corrected chi connectivity index (χ0v) is 14.4. The second kappa shape index (κ2) is 7.56. The van der Waals surface area contributed by atoms with Crippen LogP contribution in [0.15, 0.2) is 59.1 Å². The van der Waals surface area contributed by atoms with Gasteiger partial charge >= 0.3 is 0 Å². The number of halogens is 1. The number of nitrogens with two attached hydrogens (primary N) is 1. The lowest BCUT2D eigenvalue weighted by Crippen LogP contribution is -2.37. The molecule has 4 heteroatoms. The number of hydrogen-bond acceptors (Lipinski definition) is 2. The highest BCUT2D eigenvalue weighted by atomic mass is 79.9. The van der Waals surface area contributed by atoms with E-state index in [0.717, 1.165) is 15.6 Å². The summed E-state index contributed by atoms with van der Waals surface area (Å²) in [6.45, 7) is 3.83. The van der Waals surface area contributed by atoms with Crippen molar-refractivity contribution in [2.45, 2.75) is 25.9 Å². The minimum Gasteiger partial charge on any atom is -0.349 e. The van der Waals surface area contributed by atoms with E-state index in [9.17, 15) is 4.79 Å². The Hall–Kier alpha value is -1.65. The summed E-state index contributed by atoms with van der Waals surface area (Å²) in [5, 5.41) is 3.04. The van der Waals surface area contributed by atoms with Crippen molar-refractivity contribution >= 4 is 21.8 Å². The number of carbonyl (C=O) groups excluding carboxylic acids is 1. The molecule has 0 bridgehead atoms. The minimum atomic E-state index is -0.312. The molecule has 3 unspecified atom stereocenters. The van der Waals surface area contributed by atoms with Gasteiger partial charge in [-0.05, 0) is 24.1 Å². The van der Waals surface area contributed by atoms with Crippen LogP contribution in [0.1, 0.15) is 37.1 Å². The first-order chi connectivity index (χ1) is 10.5. The fourth-order valence-corrected chi connectivity index (χ4v) is 3.00. The monoisotopic (exact) mass is 360 g/mol. The molecule has 0 radical (unpaired) electrons. The average molecular weight is 361 g/mol. The summed E-state index contributed by atoms with van der Waals surface area (Å²) in [6, 6.07) is 17.2. The van der Waals surface area contributed by atoms with Crippen molar-refractivity contribution in [1.82, 2.24) is 5.32 Å². The maximum absolute atomic E-state index is 12.4. The van der Waals surface area contributed by atoms with Crippen molar-refractivity contribution in [2.24, 2.45) is 11.7 Å². The Kier molecular flexibility index (Phi) is 5.75. The van der Waals surface area contributed by atoms with Crippen molar-refractivity contribution in [3.63, 3.8) is 0 Å². The number of amides is 1. The molecule has 2 aromatic rings. The van der Waals surface area contributed by atoms with Crippen LogP contribution in [0.4, 0.5) is 0 Å². The van der Waals surface area contributed by atoms with Gasteiger partial charge < -0.3 is 11.1 Å². The third kappa shape index (κ3) is 3.96.